The number of allylic oxidation sites excluding steroid dienone is 4. The quantitative estimate of drug-likeness (QED) is 0.113. The Labute approximate surface area is 264 Å². The number of thiol groups is 1. The van der Waals surface area contributed by atoms with Crippen molar-refractivity contribution in [3.8, 4) is 11.5 Å². The van der Waals surface area contributed by atoms with Gasteiger partial charge >= 0.3 is 5.89 Å². The number of aryl methyl sites for hydroxylation is 1. The lowest BCUT2D eigenvalue weighted by molar-refractivity contribution is -0.678. The summed E-state index contributed by atoms with van der Waals surface area (Å²) in [5, 5.41) is 0. The summed E-state index contributed by atoms with van der Waals surface area (Å²) in [6.45, 7) is 10.8. The van der Waals surface area contributed by atoms with Crippen LogP contribution in [0.2, 0.25) is 0 Å². The van der Waals surface area contributed by atoms with Gasteiger partial charge in [0.1, 0.15) is 18.1 Å². The molecule has 1 aliphatic carbocycles. The van der Waals surface area contributed by atoms with Crippen LogP contribution in [0.4, 0.5) is 5.69 Å². The molecule has 3 aromatic carbocycles. The van der Waals surface area contributed by atoms with Crippen LogP contribution in [0, 0.1) is 0 Å². The van der Waals surface area contributed by atoms with Crippen molar-refractivity contribution in [2.45, 2.75) is 59.1 Å². The molecule has 0 saturated heterocycles. The van der Waals surface area contributed by atoms with Gasteiger partial charge in [0.15, 0.2) is 12.3 Å². The highest BCUT2D eigenvalue weighted by Gasteiger charge is 2.42. The molecule has 2 heterocycles. The number of hydrogen-bond donors (Lipinski definition) is 1. The molecule has 0 atom stereocenters. The molecule has 1 aromatic heterocycles. The largest absolute Gasteiger partial charge is 0.497 e. The van der Waals surface area contributed by atoms with E-state index in [9.17, 15) is 4.79 Å². The van der Waals surface area contributed by atoms with Crippen molar-refractivity contribution < 1.29 is 23.3 Å². The van der Waals surface area contributed by atoms with Gasteiger partial charge in [-0.15, -0.1) is 12.6 Å². The summed E-state index contributed by atoms with van der Waals surface area (Å²) in [6.07, 6.45) is 5.76. The van der Waals surface area contributed by atoms with Gasteiger partial charge in [-0.25, -0.2) is 0 Å². The van der Waals surface area contributed by atoms with E-state index in [0.29, 0.717) is 34.1 Å². The molecule has 6 nitrogen and oxygen atoms in total. The predicted molar refractivity (Wildman–Crippen MR) is 178 cm³/mol. The molecule has 226 valence electrons. The molecule has 1 aliphatic heterocycles. The van der Waals surface area contributed by atoms with Gasteiger partial charge in [0.05, 0.1) is 13.2 Å². The van der Waals surface area contributed by atoms with Crippen molar-refractivity contribution in [1.82, 2.24) is 0 Å². The maximum Gasteiger partial charge on any atom is 0.374 e. The number of oxazole rings is 1. The second kappa shape index (κ2) is 12.0. The Bertz CT molecular complexity index is 1830. The van der Waals surface area contributed by atoms with Gasteiger partial charge in [-0.3, -0.25) is 4.79 Å². The van der Waals surface area contributed by atoms with Crippen molar-refractivity contribution in [2.24, 2.45) is 0 Å². The van der Waals surface area contributed by atoms with Crippen LogP contribution in [0.25, 0.3) is 17.2 Å². The third-order valence-corrected chi connectivity index (χ3v) is 8.97. The molecule has 0 bridgehead atoms. The van der Waals surface area contributed by atoms with Crippen LogP contribution in [-0.4, -0.2) is 19.4 Å². The average molecular weight is 608 g/mol. The van der Waals surface area contributed by atoms with Crippen molar-refractivity contribution in [2.75, 3.05) is 18.6 Å². The molecule has 7 heteroatoms. The number of methoxy groups -OCH3 is 1. The Morgan fingerprint density at radius 1 is 0.977 bits per heavy atom. The topological polar surface area (TPSA) is 55.8 Å². The van der Waals surface area contributed by atoms with Gasteiger partial charge < -0.3 is 18.8 Å². The smallest absolute Gasteiger partial charge is 0.374 e. The molecule has 2 aliphatic rings. The summed E-state index contributed by atoms with van der Waals surface area (Å²) >= 11 is 4.83. The van der Waals surface area contributed by atoms with E-state index in [1.165, 1.54) is 5.56 Å². The summed E-state index contributed by atoms with van der Waals surface area (Å²) in [5.41, 5.74) is 7.08. The summed E-state index contributed by atoms with van der Waals surface area (Å²) in [6, 6.07) is 22.2. The van der Waals surface area contributed by atoms with Crippen LogP contribution in [0.5, 0.6) is 11.5 Å². The Morgan fingerprint density at radius 2 is 1.75 bits per heavy atom. The first-order valence-corrected chi connectivity index (χ1v) is 15.7. The highest BCUT2D eigenvalue weighted by Crippen LogP contribution is 2.50. The molecular weight excluding hydrogens is 568 g/mol. The first-order valence-electron chi connectivity index (χ1n) is 15.3. The highest BCUT2D eigenvalue weighted by atomic mass is 32.1. The van der Waals surface area contributed by atoms with Crippen LogP contribution in [0.1, 0.15) is 57.6 Å². The van der Waals surface area contributed by atoms with Crippen molar-refractivity contribution in [3.63, 3.8) is 0 Å². The highest BCUT2D eigenvalue weighted by molar-refractivity contribution is 7.85. The number of hydrogen-bond acceptors (Lipinski definition) is 6. The first-order chi connectivity index (χ1) is 21.3. The molecule has 0 saturated carbocycles. The number of carbonyl (C=O) groups excluding carboxylic acids is 1. The summed E-state index contributed by atoms with van der Waals surface area (Å²) in [7, 11) is 1.69. The molecule has 0 amide bonds. The van der Waals surface area contributed by atoms with Gasteiger partial charge in [0, 0.05) is 57.9 Å². The number of benzene rings is 3. The first kappa shape index (κ1) is 29.8. The second-order valence-electron chi connectivity index (χ2n) is 11.8. The van der Waals surface area contributed by atoms with Crippen LogP contribution in [0.3, 0.4) is 0 Å². The Hall–Kier alpha value is -4.23. The van der Waals surface area contributed by atoms with Crippen molar-refractivity contribution in [1.29, 1.82) is 0 Å². The summed E-state index contributed by atoms with van der Waals surface area (Å²) in [4.78, 5) is 16.6. The monoisotopic (exact) mass is 607 g/mol. The van der Waals surface area contributed by atoms with Crippen LogP contribution < -0.4 is 18.9 Å². The van der Waals surface area contributed by atoms with Crippen LogP contribution in [-0.2, 0) is 23.4 Å². The van der Waals surface area contributed by atoms with E-state index in [1.54, 1.807) is 7.11 Å². The van der Waals surface area contributed by atoms with E-state index in [4.69, 9.17) is 26.5 Å². The van der Waals surface area contributed by atoms with E-state index >= 15 is 0 Å². The molecule has 4 aromatic rings. The number of carbonyl (C=O) groups is 1. The average Bonchev–Trinajstić information content (AvgIpc) is 3.48. The number of anilines is 1. The molecule has 0 spiro atoms. The zero-order valence-corrected chi connectivity index (χ0v) is 26.9. The van der Waals surface area contributed by atoms with E-state index in [1.807, 2.05) is 66.7 Å². The third kappa shape index (κ3) is 5.23. The van der Waals surface area contributed by atoms with Crippen LogP contribution in [0.15, 0.2) is 99.0 Å². The fourth-order valence-electron chi connectivity index (χ4n) is 6.15. The maximum absolute atomic E-state index is 13.6. The number of fused-ring (bicyclic) bond motifs is 2. The number of nitrogens with zero attached hydrogens (tertiary/aromatic N) is 2. The fourth-order valence-corrected chi connectivity index (χ4v) is 6.49. The zero-order valence-electron chi connectivity index (χ0n) is 26.0. The van der Waals surface area contributed by atoms with Gasteiger partial charge in [-0.1, -0.05) is 58.0 Å². The van der Waals surface area contributed by atoms with Gasteiger partial charge in [0.25, 0.3) is 5.52 Å². The van der Waals surface area contributed by atoms with Crippen molar-refractivity contribution >= 4 is 41.3 Å². The Kier molecular flexibility index (Phi) is 8.16. The number of ether oxygens (including phenoxy) is 2. The standard InChI is InChI=1S/C37H38N2O4S/c1-6-17-38-30-15-13-25(41-5)19-29(30)37(3,4)33(38)21-27-35(40)28(36(27)44)22-34-39(18-7-2)31-16-14-26(20-32(31)43-34)42-23-24-11-9-8-10-12-24/h8-16,19-22H,6-7,17-18,23H2,1-5H3/p+1. The van der Waals surface area contributed by atoms with Gasteiger partial charge in [-0.2, -0.15) is 4.57 Å². The van der Waals surface area contributed by atoms with Gasteiger partial charge in [-0.05, 0) is 47.9 Å². The number of aromatic nitrogens is 1. The summed E-state index contributed by atoms with van der Waals surface area (Å²) in [5.74, 6) is 2.15. The minimum Gasteiger partial charge on any atom is -0.497 e. The summed E-state index contributed by atoms with van der Waals surface area (Å²) < 4.78 is 20.0. The zero-order chi connectivity index (χ0) is 31.0. The van der Waals surface area contributed by atoms with E-state index in [-0.39, 0.29) is 11.2 Å². The van der Waals surface area contributed by atoms with Gasteiger partial charge in [0.2, 0.25) is 5.58 Å². The lowest BCUT2D eigenvalue weighted by Crippen LogP contribution is -2.35. The maximum atomic E-state index is 13.6. The minimum atomic E-state index is -0.303. The predicted octanol–water partition coefficient (Wildman–Crippen LogP) is 7.96. The van der Waals surface area contributed by atoms with Crippen LogP contribution >= 0.6 is 12.6 Å². The molecule has 0 fully saturated rings. The Morgan fingerprint density at radius 3 is 2.45 bits per heavy atom. The van der Waals surface area contributed by atoms with E-state index in [0.717, 1.165) is 59.9 Å². The second-order valence-corrected chi connectivity index (χ2v) is 12.3. The lowest BCUT2D eigenvalue weighted by atomic mass is 9.81. The van der Waals surface area contributed by atoms with E-state index in [2.05, 4.69) is 49.3 Å². The minimum absolute atomic E-state index is 0.0290. The molecule has 44 heavy (non-hydrogen) atoms. The number of rotatable bonds is 10. The van der Waals surface area contributed by atoms with Crippen molar-refractivity contribution in [3.05, 3.63) is 112 Å². The fraction of sp³-hybridized carbons (Fsp3) is 0.297. The molecule has 0 N–H and O–H groups in total. The molecule has 6 rings (SSSR count). The molecule has 0 radical (unpaired) electrons. The molecular formula is C37H39N2O4S+. The normalized spacial score (nSPS) is 17.5. The number of Topliss-reactive ketones (excluding diaryl/α,β-unsaturated/α-hetero) is 1. The molecule has 0 unspecified atom stereocenters. The number of ketones is 1. The van der Waals surface area contributed by atoms with E-state index < -0.39 is 0 Å². The lowest BCUT2D eigenvalue weighted by Gasteiger charge is -2.29. The Balaban J connectivity index is 1.33. The third-order valence-electron chi connectivity index (χ3n) is 8.49. The SMILES string of the molecule is CCCN1C(=CC2=C(S)C(=Cc3oc4cc(OCc5ccccc5)ccc4[n+]3CCC)C2=O)C(C)(C)c2cc(OC)ccc21.